The van der Waals surface area contributed by atoms with Gasteiger partial charge in [-0.2, -0.15) is 0 Å². The van der Waals surface area contributed by atoms with Crippen molar-refractivity contribution in [1.29, 1.82) is 0 Å². The van der Waals surface area contributed by atoms with Crippen molar-refractivity contribution in [2.75, 3.05) is 0 Å². The number of aryl methyl sites for hydroxylation is 1. The molecule has 0 atom stereocenters. The minimum absolute atomic E-state index is 0.283. The summed E-state index contributed by atoms with van der Waals surface area (Å²) >= 11 is 3.50. The number of fused-ring (bicyclic) bond motifs is 1. The zero-order chi connectivity index (χ0) is 15.7. The van der Waals surface area contributed by atoms with E-state index in [1.54, 1.807) is 0 Å². The van der Waals surface area contributed by atoms with Crippen molar-refractivity contribution in [1.82, 2.24) is 9.38 Å². The summed E-state index contributed by atoms with van der Waals surface area (Å²) in [7, 11) is 0. The van der Waals surface area contributed by atoms with Crippen molar-refractivity contribution in [2.45, 2.75) is 26.7 Å². The van der Waals surface area contributed by atoms with Crippen molar-refractivity contribution in [3.63, 3.8) is 0 Å². The number of halogens is 1. The molecule has 22 heavy (non-hydrogen) atoms. The molecule has 2 heterocycles. The molecule has 0 saturated carbocycles. The molecule has 0 N–H and O–H groups in total. The van der Waals surface area contributed by atoms with Gasteiger partial charge < -0.3 is 0 Å². The van der Waals surface area contributed by atoms with Crippen LogP contribution >= 0.6 is 15.9 Å². The van der Waals surface area contributed by atoms with Gasteiger partial charge >= 0.3 is 0 Å². The van der Waals surface area contributed by atoms with E-state index in [1.165, 1.54) is 5.56 Å². The zero-order valence-corrected chi connectivity index (χ0v) is 14.4. The predicted molar refractivity (Wildman–Crippen MR) is 92.3 cm³/mol. The largest absolute Gasteiger partial charge is 0.282 e. The molecule has 0 unspecified atom stereocenters. The van der Waals surface area contributed by atoms with Crippen molar-refractivity contribution in [2.24, 2.45) is 10.2 Å². The Hall–Kier alpha value is -2.01. The molecule has 112 valence electrons. The Bertz CT molecular complexity index is 849. The van der Waals surface area contributed by atoms with Gasteiger partial charge in [0.25, 0.3) is 0 Å². The molecule has 0 radical (unpaired) electrons. The molecule has 4 nitrogen and oxygen atoms in total. The Morgan fingerprint density at radius 2 is 1.95 bits per heavy atom. The second kappa shape index (κ2) is 6.01. The molecule has 3 rings (SSSR count). The lowest BCUT2D eigenvalue weighted by Gasteiger charge is -2.02. The van der Waals surface area contributed by atoms with Gasteiger partial charge in [0.15, 0.2) is 5.82 Å². The van der Waals surface area contributed by atoms with Crippen LogP contribution in [0.25, 0.3) is 5.65 Å². The summed E-state index contributed by atoms with van der Waals surface area (Å²) in [5.41, 5.74) is 3.85. The molecule has 0 aliphatic carbocycles. The maximum absolute atomic E-state index is 4.67. The molecule has 0 saturated heterocycles. The molecular formula is C17H17BrN4. The molecular weight excluding hydrogens is 340 g/mol. The van der Waals surface area contributed by atoms with Gasteiger partial charge in [-0.25, -0.2) is 4.98 Å². The minimum atomic E-state index is 0.283. The Kier molecular flexibility index (Phi) is 4.07. The third-order valence-electron chi connectivity index (χ3n) is 3.39. The third-order valence-corrected chi connectivity index (χ3v) is 3.86. The smallest absolute Gasteiger partial charge is 0.183 e. The summed E-state index contributed by atoms with van der Waals surface area (Å²) in [5, 5.41) is 8.85. The van der Waals surface area contributed by atoms with Crippen LogP contribution in [0, 0.1) is 6.92 Å². The highest BCUT2D eigenvalue weighted by Gasteiger charge is 2.15. The molecule has 0 aliphatic heterocycles. The van der Waals surface area contributed by atoms with Crippen molar-refractivity contribution >= 4 is 33.1 Å². The highest BCUT2D eigenvalue weighted by molar-refractivity contribution is 9.10. The van der Waals surface area contributed by atoms with Crippen molar-refractivity contribution < 1.29 is 0 Å². The number of hydrogen-bond acceptors (Lipinski definition) is 3. The van der Waals surface area contributed by atoms with E-state index in [-0.39, 0.29) is 5.92 Å². The fourth-order valence-electron chi connectivity index (χ4n) is 2.31. The summed E-state index contributed by atoms with van der Waals surface area (Å²) in [5.74, 6) is 1.07. The van der Waals surface area contributed by atoms with Crippen LogP contribution in [-0.4, -0.2) is 9.38 Å². The van der Waals surface area contributed by atoms with Crippen LogP contribution < -0.4 is 0 Å². The summed E-state index contributed by atoms with van der Waals surface area (Å²) in [6, 6.07) is 11.9. The van der Waals surface area contributed by atoms with Crippen LogP contribution in [0.2, 0.25) is 0 Å². The minimum Gasteiger partial charge on any atom is -0.282 e. The van der Waals surface area contributed by atoms with Crippen LogP contribution in [0.15, 0.2) is 57.3 Å². The molecule has 5 heteroatoms. The van der Waals surface area contributed by atoms with Gasteiger partial charge in [-0.3, -0.25) is 4.40 Å². The molecule has 0 amide bonds. The first-order chi connectivity index (χ1) is 10.5. The van der Waals surface area contributed by atoms with E-state index < -0.39 is 0 Å². The number of azo groups is 1. The van der Waals surface area contributed by atoms with E-state index in [2.05, 4.69) is 45.0 Å². The number of benzene rings is 1. The number of nitrogens with zero attached hydrogens (tertiary/aromatic N) is 4. The van der Waals surface area contributed by atoms with Gasteiger partial charge in [0.1, 0.15) is 5.65 Å². The van der Waals surface area contributed by atoms with E-state index in [9.17, 15) is 0 Å². The zero-order valence-electron chi connectivity index (χ0n) is 12.8. The van der Waals surface area contributed by atoms with Crippen LogP contribution in [-0.2, 0) is 0 Å². The molecule has 0 aliphatic rings. The lowest BCUT2D eigenvalue weighted by molar-refractivity contribution is 0.831. The van der Waals surface area contributed by atoms with Crippen molar-refractivity contribution in [3.05, 3.63) is 58.3 Å². The topological polar surface area (TPSA) is 42.0 Å². The van der Waals surface area contributed by atoms with E-state index in [0.717, 1.165) is 27.3 Å². The average molecular weight is 357 g/mol. The fourth-order valence-corrected chi connectivity index (χ4v) is 2.64. The molecule has 1 aromatic carbocycles. The van der Waals surface area contributed by atoms with Gasteiger partial charge in [0.2, 0.25) is 0 Å². The highest BCUT2D eigenvalue weighted by Crippen LogP contribution is 2.30. The Balaban J connectivity index is 2.12. The Morgan fingerprint density at radius 1 is 1.14 bits per heavy atom. The standard InChI is InChI=1S/C17H17BrN4/c1-11(2)16-17(21-20-14-6-4-5-12(3)9-14)22-10-13(18)7-8-15(22)19-16/h4-11H,1-3H3. The van der Waals surface area contributed by atoms with E-state index in [1.807, 2.05) is 53.9 Å². The quantitative estimate of drug-likeness (QED) is 0.535. The molecule has 3 aromatic rings. The van der Waals surface area contributed by atoms with Gasteiger partial charge in [0.05, 0.1) is 11.4 Å². The molecule has 2 aromatic heterocycles. The van der Waals surface area contributed by atoms with Crippen LogP contribution in [0.1, 0.15) is 31.0 Å². The molecule has 0 bridgehead atoms. The summed E-state index contributed by atoms with van der Waals surface area (Å²) in [6.45, 7) is 6.27. The summed E-state index contributed by atoms with van der Waals surface area (Å²) in [4.78, 5) is 4.67. The SMILES string of the molecule is Cc1cccc(N=Nc2c(C(C)C)nc3ccc(Br)cn23)c1. The monoisotopic (exact) mass is 356 g/mol. The number of aromatic nitrogens is 2. The first kappa shape index (κ1) is 14.9. The second-order valence-electron chi connectivity index (χ2n) is 5.59. The van der Waals surface area contributed by atoms with Gasteiger partial charge in [-0.15, -0.1) is 10.2 Å². The number of rotatable bonds is 3. The number of imidazole rings is 1. The van der Waals surface area contributed by atoms with Crippen molar-refractivity contribution in [3.8, 4) is 0 Å². The van der Waals surface area contributed by atoms with Gasteiger partial charge in [0, 0.05) is 10.7 Å². The fraction of sp³-hybridized carbons (Fsp3) is 0.235. The lowest BCUT2D eigenvalue weighted by atomic mass is 10.1. The normalized spacial score (nSPS) is 11.9. The third kappa shape index (κ3) is 2.95. The first-order valence-corrected chi connectivity index (χ1v) is 8.00. The Labute approximate surface area is 138 Å². The Morgan fingerprint density at radius 3 is 2.68 bits per heavy atom. The maximum Gasteiger partial charge on any atom is 0.183 e. The van der Waals surface area contributed by atoms with Crippen LogP contribution in [0.4, 0.5) is 11.5 Å². The predicted octanol–water partition coefficient (Wildman–Crippen LogP) is 5.94. The van der Waals surface area contributed by atoms with Gasteiger partial charge in [-0.1, -0.05) is 26.0 Å². The van der Waals surface area contributed by atoms with E-state index in [4.69, 9.17) is 0 Å². The summed E-state index contributed by atoms with van der Waals surface area (Å²) in [6.07, 6.45) is 1.97. The highest BCUT2D eigenvalue weighted by atomic mass is 79.9. The summed E-state index contributed by atoms with van der Waals surface area (Å²) < 4.78 is 2.96. The average Bonchev–Trinajstić information content (AvgIpc) is 2.83. The molecule has 0 spiro atoms. The number of hydrogen-bond donors (Lipinski definition) is 0. The van der Waals surface area contributed by atoms with Gasteiger partial charge in [-0.05, 0) is 58.6 Å². The maximum atomic E-state index is 4.67. The van der Waals surface area contributed by atoms with Crippen LogP contribution in [0.3, 0.4) is 0 Å². The van der Waals surface area contributed by atoms with E-state index in [0.29, 0.717) is 0 Å². The number of pyridine rings is 1. The molecule has 0 fully saturated rings. The lowest BCUT2D eigenvalue weighted by Crippen LogP contribution is -1.87. The first-order valence-electron chi connectivity index (χ1n) is 7.20. The second-order valence-corrected chi connectivity index (χ2v) is 6.51. The van der Waals surface area contributed by atoms with Crippen LogP contribution in [0.5, 0.6) is 0 Å². The van der Waals surface area contributed by atoms with E-state index >= 15 is 0 Å².